The molecule has 2 rings (SSSR count). The number of thiocarbonyl (C=S) groups is 1. The number of para-hydroxylation sites is 1. The van der Waals surface area contributed by atoms with Gasteiger partial charge in [-0.15, -0.1) is 0 Å². The van der Waals surface area contributed by atoms with Gasteiger partial charge < -0.3 is 15.5 Å². The van der Waals surface area contributed by atoms with Crippen molar-refractivity contribution in [3.8, 4) is 0 Å². The maximum atomic E-state index is 12.0. The number of carbonyl (C=O) groups is 1. The molecule has 1 saturated heterocycles. The van der Waals surface area contributed by atoms with Crippen LogP contribution in [-0.4, -0.2) is 24.1 Å². The fourth-order valence-corrected chi connectivity index (χ4v) is 3.00. The normalized spacial score (nSPS) is 15.2. The molecule has 0 aliphatic carbocycles. The van der Waals surface area contributed by atoms with E-state index in [1.807, 2.05) is 39.0 Å². The molecule has 1 heterocycles. The first-order valence-corrected chi connectivity index (χ1v) is 8.73. The van der Waals surface area contributed by atoms with Gasteiger partial charge in [0.25, 0.3) is 0 Å². The van der Waals surface area contributed by atoms with Gasteiger partial charge >= 0.3 is 0 Å². The van der Waals surface area contributed by atoms with Crippen molar-refractivity contribution in [2.75, 3.05) is 23.3 Å². The van der Waals surface area contributed by atoms with Crippen molar-refractivity contribution in [3.05, 3.63) is 23.2 Å². The molecule has 4 nitrogen and oxygen atoms in total. The van der Waals surface area contributed by atoms with Gasteiger partial charge in [-0.2, -0.15) is 0 Å². The van der Waals surface area contributed by atoms with Crippen LogP contribution in [0.4, 0.5) is 11.4 Å². The van der Waals surface area contributed by atoms with Gasteiger partial charge in [0.05, 0.1) is 16.4 Å². The highest BCUT2D eigenvalue weighted by Crippen LogP contribution is 2.35. The number of nitrogens with one attached hydrogen (secondary N) is 2. The Morgan fingerprint density at radius 3 is 2.48 bits per heavy atom. The summed E-state index contributed by atoms with van der Waals surface area (Å²) in [4.78, 5) is 14.3. The van der Waals surface area contributed by atoms with E-state index < -0.39 is 5.41 Å². The second kappa shape index (κ2) is 7.49. The maximum absolute atomic E-state index is 12.0. The summed E-state index contributed by atoms with van der Waals surface area (Å²) in [5, 5.41) is 6.86. The van der Waals surface area contributed by atoms with Crippen molar-refractivity contribution >= 4 is 46.2 Å². The summed E-state index contributed by atoms with van der Waals surface area (Å²) in [5.41, 5.74) is 1.30. The molecule has 0 radical (unpaired) electrons. The van der Waals surface area contributed by atoms with Crippen LogP contribution in [0.1, 0.15) is 40.0 Å². The number of nitrogens with zero attached hydrogens (tertiary/aromatic N) is 1. The number of carbonyl (C=O) groups excluding carboxylic acids is 1. The van der Waals surface area contributed by atoms with Gasteiger partial charge in [-0.25, -0.2) is 0 Å². The van der Waals surface area contributed by atoms with E-state index in [0.717, 1.165) is 37.3 Å². The smallest absolute Gasteiger partial charge is 0.231 e. The molecule has 0 atom stereocenters. The number of piperidine rings is 1. The number of benzene rings is 1. The van der Waals surface area contributed by atoms with Crippen molar-refractivity contribution in [2.24, 2.45) is 5.41 Å². The summed E-state index contributed by atoms with van der Waals surface area (Å²) in [6, 6.07) is 5.70. The van der Waals surface area contributed by atoms with Crippen LogP contribution < -0.4 is 15.5 Å². The van der Waals surface area contributed by atoms with Crippen LogP contribution in [0.25, 0.3) is 0 Å². The number of amides is 1. The Morgan fingerprint density at radius 2 is 1.87 bits per heavy atom. The zero-order valence-electron chi connectivity index (χ0n) is 13.9. The number of anilines is 2. The lowest BCUT2D eigenvalue weighted by molar-refractivity contribution is -0.126. The second-order valence-corrected chi connectivity index (χ2v) is 7.66. The standard InChI is InChI=1S/C17H24ClN3OS/c1-17(2,3)15(22)20-16(23)19-13-9-7-8-12(18)14(13)21-10-5-4-6-11-21/h7-9H,4-6,10-11H2,1-3H3,(H2,19,20,22,23). The van der Waals surface area contributed by atoms with Gasteiger partial charge in [-0.05, 0) is 43.6 Å². The third-order valence-electron chi connectivity index (χ3n) is 3.82. The number of hydrogen-bond donors (Lipinski definition) is 2. The Kier molecular flexibility index (Phi) is 5.87. The van der Waals surface area contributed by atoms with Crippen LogP contribution >= 0.6 is 23.8 Å². The van der Waals surface area contributed by atoms with Crippen molar-refractivity contribution in [1.29, 1.82) is 0 Å². The summed E-state index contributed by atoms with van der Waals surface area (Å²) in [7, 11) is 0. The Balaban J connectivity index is 2.15. The van der Waals surface area contributed by atoms with Crippen LogP contribution in [0, 0.1) is 5.41 Å². The average molecular weight is 354 g/mol. The fraction of sp³-hybridized carbons (Fsp3) is 0.529. The predicted molar refractivity (Wildman–Crippen MR) is 101 cm³/mol. The first-order chi connectivity index (χ1) is 10.8. The molecule has 1 aliphatic heterocycles. The van der Waals surface area contributed by atoms with Gasteiger partial charge in [-0.3, -0.25) is 4.79 Å². The molecule has 0 unspecified atom stereocenters. The number of hydrogen-bond acceptors (Lipinski definition) is 3. The lowest BCUT2D eigenvalue weighted by Gasteiger charge is -2.31. The Labute approximate surface area is 148 Å². The molecule has 1 aliphatic rings. The van der Waals surface area contributed by atoms with Gasteiger partial charge in [0.2, 0.25) is 5.91 Å². The quantitative estimate of drug-likeness (QED) is 0.782. The molecule has 126 valence electrons. The molecule has 0 bridgehead atoms. The van der Waals surface area contributed by atoms with Crippen molar-refractivity contribution in [2.45, 2.75) is 40.0 Å². The first kappa shape index (κ1) is 18.0. The van der Waals surface area contributed by atoms with E-state index in [1.54, 1.807) is 0 Å². The molecular weight excluding hydrogens is 330 g/mol. The predicted octanol–water partition coefficient (Wildman–Crippen LogP) is 4.19. The summed E-state index contributed by atoms with van der Waals surface area (Å²) >= 11 is 11.7. The highest BCUT2D eigenvalue weighted by Gasteiger charge is 2.23. The molecular formula is C17H24ClN3OS. The van der Waals surface area contributed by atoms with E-state index in [4.69, 9.17) is 23.8 Å². The highest BCUT2D eigenvalue weighted by molar-refractivity contribution is 7.80. The Morgan fingerprint density at radius 1 is 1.22 bits per heavy atom. The van der Waals surface area contributed by atoms with Gasteiger partial charge in [-0.1, -0.05) is 38.4 Å². The number of halogens is 1. The monoisotopic (exact) mass is 353 g/mol. The molecule has 1 aromatic rings. The SMILES string of the molecule is CC(C)(C)C(=O)NC(=S)Nc1cccc(Cl)c1N1CCCCC1. The third-order valence-corrected chi connectivity index (χ3v) is 4.32. The maximum Gasteiger partial charge on any atom is 0.231 e. The van der Waals surface area contributed by atoms with Crippen LogP contribution in [-0.2, 0) is 4.79 Å². The lowest BCUT2D eigenvalue weighted by atomic mass is 9.96. The van der Waals surface area contributed by atoms with Crippen LogP contribution in [0.3, 0.4) is 0 Å². The molecule has 0 saturated carbocycles. The fourth-order valence-electron chi connectivity index (χ4n) is 2.50. The second-order valence-electron chi connectivity index (χ2n) is 6.84. The first-order valence-electron chi connectivity index (χ1n) is 7.95. The van der Waals surface area contributed by atoms with E-state index in [0.29, 0.717) is 10.1 Å². The topological polar surface area (TPSA) is 44.4 Å². The molecule has 1 aromatic carbocycles. The summed E-state index contributed by atoms with van der Waals surface area (Å²) < 4.78 is 0. The van der Waals surface area contributed by atoms with E-state index in [1.165, 1.54) is 6.42 Å². The lowest BCUT2D eigenvalue weighted by Crippen LogP contribution is -2.41. The minimum absolute atomic E-state index is 0.114. The third kappa shape index (κ3) is 4.82. The summed E-state index contributed by atoms with van der Waals surface area (Å²) in [6.45, 7) is 7.52. The average Bonchev–Trinajstić information content (AvgIpc) is 2.47. The summed E-state index contributed by atoms with van der Waals surface area (Å²) in [6.07, 6.45) is 3.58. The van der Waals surface area contributed by atoms with Crippen molar-refractivity contribution in [3.63, 3.8) is 0 Å². The van der Waals surface area contributed by atoms with E-state index in [-0.39, 0.29) is 5.91 Å². The van der Waals surface area contributed by atoms with E-state index >= 15 is 0 Å². The van der Waals surface area contributed by atoms with Crippen LogP contribution in [0.15, 0.2) is 18.2 Å². The van der Waals surface area contributed by atoms with Crippen molar-refractivity contribution < 1.29 is 4.79 Å². The van der Waals surface area contributed by atoms with Crippen molar-refractivity contribution in [1.82, 2.24) is 5.32 Å². The molecule has 0 aromatic heterocycles. The largest absolute Gasteiger partial charge is 0.369 e. The molecule has 1 fully saturated rings. The van der Waals surface area contributed by atoms with Gasteiger partial charge in [0, 0.05) is 18.5 Å². The highest BCUT2D eigenvalue weighted by atomic mass is 35.5. The van der Waals surface area contributed by atoms with E-state index in [2.05, 4.69) is 15.5 Å². The molecule has 1 amide bonds. The van der Waals surface area contributed by atoms with Crippen LogP contribution in [0.2, 0.25) is 5.02 Å². The Bertz CT molecular complexity index is 592. The molecule has 23 heavy (non-hydrogen) atoms. The number of rotatable bonds is 2. The van der Waals surface area contributed by atoms with Crippen LogP contribution in [0.5, 0.6) is 0 Å². The van der Waals surface area contributed by atoms with Gasteiger partial charge in [0.1, 0.15) is 0 Å². The van der Waals surface area contributed by atoms with E-state index in [9.17, 15) is 4.79 Å². The minimum atomic E-state index is -0.490. The molecule has 6 heteroatoms. The van der Waals surface area contributed by atoms with Gasteiger partial charge in [0.15, 0.2) is 5.11 Å². The molecule has 0 spiro atoms. The Hall–Kier alpha value is -1.33. The summed E-state index contributed by atoms with van der Waals surface area (Å²) in [5.74, 6) is -0.114. The molecule has 2 N–H and O–H groups in total. The zero-order chi connectivity index (χ0) is 17.0. The zero-order valence-corrected chi connectivity index (χ0v) is 15.5. The minimum Gasteiger partial charge on any atom is -0.369 e.